The van der Waals surface area contributed by atoms with Crippen molar-refractivity contribution in [2.45, 2.75) is 6.04 Å². The van der Waals surface area contributed by atoms with Gasteiger partial charge in [-0.3, -0.25) is 0 Å². The average molecular weight is 433 g/mol. The minimum absolute atomic E-state index is 1.09. The Labute approximate surface area is 188 Å². The molecule has 0 saturated heterocycles. The molecule has 0 radical (unpaired) electrons. The van der Waals surface area contributed by atoms with Crippen molar-refractivity contribution in [1.29, 1.82) is 0 Å². The molecular formula is C29H28Si2. The molecule has 31 heavy (non-hydrogen) atoms. The smallest absolute Gasteiger partial charge is 0.106 e. The van der Waals surface area contributed by atoms with Gasteiger partial charge in [0.1, 0.15) is 8.80 Å². The summed E-state index contributed by atoms with van der Waals surface area (Å²) >= 11 is 0. The van der Waals surface area contributed by atoms with Gasteiger partial charge in [-0.2, -0.15) is 0 Å². The van der Waals surface area contributed by atoms with Crippen molar-refractivity contribution >= 4 is 37.6 Å². The number of benzene rings is 4. The minimum Gasteiger partial charge on any atom is -0.106 e. The first kappa shape index (κ1) is 21.0. The topological polar surface area (TPSA) is 0 Å². The van der Waals surface area contributed by atoms with Gasteiger partial charge in [-0.15, -0.1) is 6.58 Å². The van der Waals surface area contributed by atoms with E-state index < -0.39 is 16.9 Å². The summed E-state index contributed by atoms with van der Waals surface area (Å²) in [6.07, 6.45) is 2.45. The molecular weight excluding hydrogens is 404 g/mol. The van der Waals surface area contributed by atoms with Gasteiger partial charge in [0.25, 0.3) is 0 Å². The van der Waals surface area contributed by atoms with Gasteiger partial charge in [0.05, 0.1) is 0 Å². The van der Waals surface area contributed by atoms with Crippen LogP contribution in [0.3, 0.4) is 0 Å². The fourth-order valence-corrected chi connectivity index (χ4v) is 10.6. The predicted molar refractivity (Wildman–Crippen MR) is 141 cm³/mol. The minimum atomic E-state index is -2.18. The maximum absolute atomic E-state index is 4.32. The molecule has 0 heterocycles. The van der Waals surface area contributed by atoms with Crippen LogP contribution in [-0.4, -0.2) is 16.9 Å². The van der Waals surface area contributed by atoms with Crippen molar-refractivity contribution < 1.29 is 0 Å². The van der Waals surface area contributed by atoms with E-state index in [9.17, 15) is 0 Å². The van der Waals surface area contributed by atoms with Gasteiger partial charge in [-0.1, -0.05) is 149 Å². The van der Waals surface area contributed by atoms with E-state index in [0.29, 0.717) is 0 Å². The van der Waals surface area contributed by atoms with Gasteiger partial charge < -0.3 is 0 Å². The first-order chi connectivity index (χ1) is 15.3. The van der Waals surface area contributed by atoms with Crippen molar-refractivity contribution in [2.24, 2.45) is 0 Å². The van der Waals surface area contributed by atoms with Crippen LogP contribution in [0.4, 0.5) is 0 Å². The SMILES string of the molecule is C=C[Si](C=CC[SiH](c1ccccc1)c1ccccc1)(c1ccccc1)c1ccccc1. The summed E-state index contributed by atoms with van der Waals surface area (Å²) < 4.78 is 0. The second-order valence-electron chi connectivity index (χ2n) is 7.82. The van der Waals surface area contributed by atoms with E-state index in [1.807, 2.05) is 0 Å². The monoisotopic (exact) mass is 432 g/mol. The lowest BCUT2D eigenvalue weighted by molar-refractivity contribution is 1.62. The summed E-state index contributed by atoms with van der Waals surface area (Å²) in [6, 6.07) is 44.9. The van der Waals surface area contributed by atoms with Crippen LogP contribution in [0.25, 0.3) is 0 Å². The summed E-state index contributed by atoms with van der Waals surface area (Å²) in [7, 11) is -3.52. The fourth-order valence-electron chi connectivity index (χ4n) is 4.32. The zero-order chi connectivity index (χ0) is 21.4. The molecule has 0 aromatic heterocycles. The molecule has 0 atom stereocenters. The van der Waals surface area contributed by atoms with E-state index in [-0.39, 0.29) is 0 Å². The van der Waals surface area contributed by atoms with E-state index in [1.54, 1.807) is 0 Å². The van der Waals surface area contributed by atoms with Crippen LogP contribution in [0, 0.1) is 0 Å². The normalized spacial score (nSPS) is 11.6. The van der Waals surface area contributed by atoms with Crippen LogP contribution >= 0.6 is 0 Å². The number of rotatable bonds is 8. The molecule has 0 aliphatic heterocycles. The van der Waals surface area contributed by atoms with E-state index in [2.05, 4.69) is 145 Å². The van der Waals surface area contributed by atoms with E-state index in [1.165, 1.54) is 20.7 Å². The highest BCUT2D eigenvalue weighted by Gasteiger charge is 2.31. The van der Waals surface area contributed by atoms with Crippen LogP contribution in [0.15, 0.2) is 145 Å². The molecule has 0 aliphatic carbocycles. The maximum Gasteiger partial charge on any atom is 0.164 e. The molecule has 4 aromatic carbocycles. The van der Waals surface area contributed by atoms with Crippen LogP contribution in [0.5, 0.6) is 0 Å². The summed E-state index contributed by atoms with van der Waals surface area (Å²) in [5, 5.41) is 5.74. The third-order valence-electron chi connectivity index (χ3n) is 5.98. The largest absolute Gasteiger partial charge is 0.164 e. The number of hydrogen-bond acceptors (Lipinski definition) is 0. The molecule has 0 bridgehead atoms. The first-order valence-corrected chi connectivity index (χ1v) is 15.0. The van der Waals surface area contributed by atoms with Crippen LogP contribution in [0.2, 0.25) is 6.04 Å². The first-order valence-electron chi connectivity index (χ1n) is 10.9. The molecule has 0 nitrogen and oxygen atoms in total. The fraction of sp³-hybridized carbons (Fsp3) is 0.0345. The Bertz CT molecular complexity index is 1030. The Hall–Kier alpha value is -3.21. The molecule has 0 amide bonds. The lowest BCUT2D eigenvalue weighted by Gasteiger charge is -2.26. The Morgan fingerprint density at radius 1 is 0.581 bits per heavy atom. The van der Waals surface area contributed by atoms with Gasteiger partial charge in [-0.05, 0) is 16.4 Å². The molecule has 0 aliphatic rings. The quantitative estimate of drug-likeness (QED) is 0.368. The number of hydrogen-bond donors (Lipinski definition) is 0. The summed E-state index contributed by atoms with van der Waals surface area (Å²) in [6.45, 7) is 4.32. The maximum atomic E-state index is 4.32. The highest BCUT2D eigenvalue weighted by molar-refractivity contribution is 7.09. The van der Waals surface area contributed by atoms with Gasteiger partial charge in [-0.25, -0.2) is 0 Å². The molecule has 0 saturated carbocycles. The number of allylic oxidation sites excluding steroid dienone is 1. The Morgan fingerprint density at radius 2 is 0.968 bits per heavy atom. The van der Waals surface area contributed by atoms with Gasteiger partial charge in [0.15, 0.2) is 8.07 Å². The van der Waals surface area contributed by atoms with Crippen molar-refractivity contribution in [3.8, 4) is 0 Å². The van der Waals surface area contributed by atoms with Gasteiger partial charge >= 0.3 is 0 Å². The standard InChI is InChI=1S/C29H28Si2/c1-2-31(28-20-11-5-12-21-28,29-22-13-6-14-23-29)25-15-24-30(26-16-7-3-8-17-26)27-18-9-4-10-19-27/h2-23,25,30H,1,24H2. The van der Waals surface area contributed by atoms with E-state index in [0.717, 1.165) is 6.04 Å². The van der Waals surface area contributed by atoms with Crippen molar-refractivity contribution in [2.75, 3.05) is 0 Å². The van der Waals surface area contributed by atoms with E-state index >= 15 is 0 Å². The van der Waals surface area contributed by atoms with E-state index in [4.69, 9.17) is 0 Å². The Morgan fingerprint density at radius 3 is 1.35 bits per heavy atom. The van der Waals surface area contributed by atoms with Crippen molar-refractivity contribution in [1.82, 2.24) is 0 Å². The Kier molecular flexibility index (Phi) is 6.93. The summed E-state index contributed by atoms with van der Waals surface area (Å²) in [5.74, 6) is 0. The Balaban J connectivity index is 1.72. The van der Waals surface area contributed by atoms with Gasteiger partial charge in [0.2, 0.25) is 0 Å². The van der Waals surface area contributed by atoms with Crippen molar-refractivity contribution in [3.63, 3.8) is 0 Å². The zero-order valence-electron chi connectivity index (χ0n) is 17.8. The molecule has 152 valence electrons. The lowest BCUT2D eigenvalue weighted by atomic mass is 10.4. The molecule has 0 spiro atoms. The molecule has 0 N–H and O–H groups in total. The summed E-state index contributed by atoms with van der Waals surface area (Å²) in [4.78, 5) is 0. The van der Waals surface area contributed by atoms with Crippen LogP contribution in [0.1, 0.15) is 0 Å². The molecule has 4 rings (SSSR count). The second kappa shape index (κ2) is 10.2. The predicted octanol–water partition coefficient (Wildman–Crippen LogP) is 4.11. The highest BCUT2D eigenvalue weighted by Crippen LogP contribution is 2.11. The summed E-state index contributed by atoms with van der Waals surface area (Å²) in [5.41, 5.74) is 4.71. The third-order valence-corrected chi connectivity index (χ3v) is 13.1. The van der Waals surface area contributed by atoms with Crippen LogP contribution < -0.4 is 20.7 Å². The second-order valence-corrected chi connectivity index (χ2v) is 14.4. The lowest BCUT2D eigenvalue weighted by Crippen LogP contribution is -2.55. The average Bonchev–Trinajstić information content (AvgIpc) is 2.87. The third kappa shape index (κ3) is 4.76. The van der Waals surface area contributed by atoms with Gasteiger partial charge in [0, 0.05) is 0 Å². The highest BCUT2D eigenvalue weighted by atomic mass is 28.3. The molecule has 0 unspecified atom stereocenters. The molecule has 0 fully saturated rings. The van der Waals surface area contributed by atoms with Crippen molar-refractivity contribution in [3.05, 3.63) is 145 Å². The molecule has 2 heteroatoms. The molecule has 4 aromatic rings. The zero-order valence-corrected chi connectivity index (χ0v) is 19.9. The van der Waals surface area contributed by atoms with Crippen LogP contribution in [-0.2, 0) is 0 Å².